The van der Waals surface area contributed by atoms with E-state index in [1.165, 1.54) is 12.1 Å². The second kappa shape index (κ2) is 3.05. The van der Waals surface area contributed by atoms with Gasteiger partial charge >= 0.3 is 0 Å². The molecule has 1 rings (SSSR count). The van der Waals surface area contributed by atoms with Gasteiger partial charge < -0.3 is 4.74 Å². The summed E-state index contributed by atoms with van der Waals surface area (Å²) in [5, 5.41) is 10.8. The Morgan fingerprint density at radius 3 is 2.64 bits per heavy atom. The fraction of sp³-hybridized carbons (Fsp3) is 0. The van der Waals surface area contributed by atoms with E-state index in [9.17, 15) is 9.50 Å². The highest BCUT2D eigenvalue weighted by atomic mass is 19.1. The molecule has 0 aliphatic rings. The van der Waals surface area contributed by atoms with Crippen molar-refractivity contribution in [1.29, 1.82) is 0 Å². The summed E-state index contributed by atoms with van der Waals surface area (Å²) in [5.41, 5.74) is 0. The van der Waals surface area contributed by atoms with E-state index in [2.05, 4.69) is 11.3 Å². The lowest BCUT2D eigenvalue weighted by atomic mass is 10.3. The van der Waals surface area contributed by atoms with Gasteiger partial charge in [0.05, 0.1) is 0 Å². The summed E-state index contributed by atoms with van der Waals surface area (Å²) in [5.74, 6) is -0.397. The molecule has 1 radical (unpaired) electrons. The lowest BCUT2D eigenvalue weighted by Crippen LogP contribution is -1.86. The third-order valence-electron chi connectivity index (χ3n) is 1.07. The molecular formula is C8H6FO2. The molecule has 0 unspecified atom stereocenters. The first kappa shape index (κ1) is 7.60. The highest BCUT2D eigenvalue weighted by molar-refractivity contribution is 5.38. The molecule has 0 atom stereocenters. The molecule has 0 amide bonds. The van der Waals surface area contributed by atoms with E-state index in [-0.39, 0.29) is 11.5 Å². The number of hydrogen-bond donors (Lipinski definition) is 0. The van der Waals surface area contributed by atoms with Crippen LogP contribution in [0.2, 0.25) is 0 Å². The molecule has 0 fully saturated rings. The van der Waals surface area contributed by atoms with Crippen LogP contribution in [0.5, 0.6) is 11.5 Å². The summed E-state index contributed by atoms with van der Waals surface area (Å²) in [4.78, 5) is 0. The number of hydrogen-bond acceptors (Lipinski definition) is 1. The number of ether oxygens (including phenoxy) is 1. The normalized spacial score (nSPS) is 9.18. The standard InChI is InChI=1S/C8H6FO2/c1-6(9)11-8-5-3-2-4-7(8)10/h2-5H,1H2. The molecule has 0 saturated heterocycles. The fourth-order valence-corrected chi connectivity index (χ4v) is 0.654. The van der Waals surface area contributed by atoms with Gasteiger partial charge in [-0.3, -0.25) is 5.11 Å². The van der Waals surface area contributed by atoms with E-state index >= 15 is 0 Å². The quantitative estimate of drug-likeness (QED) is 0.600. The summed E-state index contributed by atoms with van der Waals surface area (Å²) in [6, 6.07) is 4.83. The van der Waals surface area contributed by atoms with Crippen molar-refractivity contribution in [3.8, 4) is 11.5 Å². The van der Waals surface area contributed by atoms with Gasteiger partial charge in [-0.1, -0.05) is 12.1 Å². The third-order valence-corrected chi connectivity index (χ3v) is 1.07. The minimum absolute atomic E-state index is 0.0417. The van der Waals surface area contributed by atoms with E-state index in [0.717, 1.165) is 0 Å². The van der Waals surface area contributed by atoms with Gasteiger partial charge in [0, 0.05) is 0 Å². The maximum atomic E-state index is 12.0. The molecule has 0 aliphatic heterocycles. The van der Waals surface area contributed by atoms with Crippen molar-refractivity contribution in [1.82, 2.24) is 0 Å². The Bertz CT molecular complexity index is 271. The molecule has 2 nitrogen and oxygen atoms in total. The molecular weight excluding hydrogens is 147 g/mol. The Kier molecular flexibility index (Phi) is 2.11. The van der Waals surface area contributed by atoms with Crippen LogP contribution >= 0.6 is 0 Å². The average Bonchev–Trinajstić information content (AvgIpc) is 1.93. The maximum absolute atomic E-state index is 12.0. The zero-order valence-electron chi connectivity index (χ0n) is 5.71. The summed E-state index contributed by atoms with van der Waals surface area (Å²) in [6.07, 6.45) is 0. The molecule has 1 aromatic rings. The Hall–Kier alpha value is -1.51. The summed E-state index contributed by atoms with van der Waals surface area (Å²) < 4.78 is 16.4. The zero-order chi connectivity index (χ0) is 8.27. The smallest absolute Gasteiger partial charge is 0.270 e. The molecule has 11 heavy (non-hydrogen) atoms. The lowest BCUT2D eigenvalue weighted by molar-refractivity contribution is 0.272. The summed E-state index contributed by atoms with van der Waals surface area (Å²) in [6.45, 7) is 2.86. The van der Waals surface area contributed by atoms with Crippen LogP contribution in [-0.4, -0.2) is 0 Å². The van der Waals surface area contributed by atoms with Gasteiger partial charge in [-0.05, 0) is 18.7 Å². The van der Waals surface area contributed by atoms with Gasteiger partial charge in [-0.2, -0.15) is 4.39 Å². The monoisotopic (exact) mass is 153 g/mol. The van der Waals surface area contributed by atoms with E-state index in [1.807, 2.05) is 0 Å². The van der Waals surface area contributed by atoms with Crippen molar-refractivity contribution in [3.63, 3.8) is 0 Å². The predicted octanol–water partition coefficient (Wildman–Crippen LogP) is 2.65. The molecule has 0 spiro atoms. The molecule has 0 N–H and O–H groups in total. The molecule has 57 valence electrons. The van der Waals surface area contributed by atoms with E-state index < -0.39 is 6.01 Å². The number of para-hydroxylation sites is 2. The minimum Gasteiger partial charge on any atom is -0.428 e. The number of rotatable bonds is 2. The van der Waals surface area contributed by atoms with Crippen molar-refractivity contribution in [3.05, 3.63) is 36.9 Å². The second-order valence-electron chi connectivity index (χ2n) is 1.90. The van der Waals surface area contributed by atoms with Crippen LogP contribution in [0, 0.1) is 0 Å². The Morgan fingerprint density at radius 2 is 2.09 bits per heavy atom. The maximum Gasteiger partial charge on any atom is 0.270 e. The van der Waals surface area contributed by atoms with Crippen molar-refractivity contribution < 1.29 is 14.2 Å². The average molecular weight is 153 g/mol. The number of halogens is 1. The Labute approximate surface area is 63.5 Å². The SMILES string of the molecule is C=C(F)Oc1ccccc1[O]. The van der Waals surface area contributed by atoms with Crippen LogP contribution in [0.4, 0.5) is 4.39 Å². The largest absolute Gasteiger partial charge is 0.428 e. The molecule has 0 aromatic heterocycles. The van der Waals surface area contributed by atoms with E-state index in [4.69, 9.17) is 0 Å². The summed E-state index contributed by atoms with van der Waals surface area (Å²) in [7, 11) is 0. The molecule has 0 saturated carbocycles. The first-order chi connectivity index (χ1) is 5.20. The van der Waals surface area contributed by atoms with Crippen LogP contribution in [0.25, 0.3) is 0 Å². The van der Waals surface area contributed by atoms with Gasteiger partial charge in [0.25, 0.3) is 6.01 Å². The molecule has 0 aliphatic carbocycles. The topological polar surface area (TPSA) is 29.1 Å². The van der Waals surface area contributed by atoms with Crippen LogP contribution in [0.1, 0.15) is 0 Å². The molecule has 0 bridgehead atoms. The lowest BCUT2D eigenvalue weighted by Gasteiger charge is -2.00. The van der Waals surface area contributed by atoms with Gasteiger partial charge in [0.1, 0.15) is 0 Å². The fourth-order valence-electron chi connectivity index (χ4n) is 0.654. The van der Waals surface area contributed by atoms with E-state index in [1.54, 1.807) is 12.1 Å². The third kappa shape index (κ3) is 1.97. The van der Waals surface area contributed by atoms with Gasteiger partial charge in [-0.15, -0.1) is 0 Å². The summed E-state index contributed by atoms with van der Waals surface area (Å²) >= 11 is 0. The van der Waals surface area contributed by atoms with Crippen molar-refractivity contribution in [2.75, 3.05) is 0 Å². The van der Waals surface area contributed by atoms with Crippen molar-refractivity contribution in [2.45, 2.75) is 0 Å². The second-order valence-corrected chi connectivity index (χ2v) is 1.90. The van der Waals surface area contributed by atoms with Crippen molar-refractivity contribution >= 4 is 0 Å². The Balaban J connectivity index is 2.86. The predicted molar refractivity (Wildman–Crippen MR) is 37.5 cm³/mol. The first-order valence-corrected chi connectivity index (χ1v) is 2.98. The Morgan fingerprint density at radius 1 is 1.45 bits per heavy atom. The molecule has 1 aromatic carbocycles. The van der Waals surface area contributed by atoms with E-state index in [0.29, 0.717) is 0 Å². The van der Waals surface area contributed by atoms with Gasteiger partial charge in [-0.25, -0.2) is 0 Å². The van der Waals surface area contributed by atoms with Crippen LogP contribution in [0.3, 0.4) is 0 Å². The molecule has 0 heterocycles. The van der Waals surface area contributed by atoms with Crippen LogP contribution < -0.4 is 4.74 Å². The van der Waals surface area contributed by atoms with Gasteiger partial charge in [0.2, 0.25) is 5.75 Å². The van der Waals surface area contributed by atoms with Gasteiger partial charge in [0.15, 0.2) is 5.75 Å². The highest BCUT2D eigenvalue weighted by Gasteiger charge is 2.02. The highest BCUT2D eigenvalue weighted by Crippen LogP contribution is 2.26. The van der Waals surface area contributed by atoms with Crippen molar-refractivity contribution in [2.24, 2.45) is 0 Å². The van der Waals surface area contributed by atoms with Crippen LogP contribution in [0.15, 0.2) is 36.9 Å². The van der Waals surface area contributed by atoms with Crippen LogP contribution in [-0.2, 0) is 5.11 Å². The number of benzene rings is 1. The molecule has 3 heteroatoms. The zero-order valence-corrected chi connectivity index (χ0v) is 5.71. The first-order valence-electron chi connectivity index (χ1n) is 2.98. The minimum atomic E-state index is -0.978.